The van der Waals surface area contributed by atoms with Crippen molar-refractivity contribution in [2.45, 2.75) is 97.1 Å². The van der Waals surface area contributed by atoms with E-state index in [1.165, 1.54) is 25.9 Å². The van der Waals surface area contributed by atoms with Crippen molar-refractivity contribution in [1.82, 2.24) is 26.2 Å². The highest BCUT2D eigenvalue weighted by molar-refractivity contribution is 5.93. The van der Waals surface area contributed by atoms with Crippen molar-refractivity contribution in [1.29, 1.82) is 0 Å². The molecule has 0 saturated heterocycles. The van der Waals surface area contributed by atoms with Crippen molar-refractivity contribution in [3.63, 3.8) is 0 Å². The largest absolute Gasteiger partial charge is 0.467 e. The fourth-order valence-corrected chi connectivity index (χ4v) is 5.38. The Labute approximate surface area is 282 Å². The van der Waals surface area contributed by atoms with E-state index in [0.717, 1.165) is 11.1 Å². The molecule has 0 saturated carbocycles. The number of nitrogens with one attached hydrogen (secondary N) is 4. The van der Waals surface area contributed by atoms with Gasteiger partial charge in [0.2, 0.25) is 29.5 Å². The second-order valence-corrected chi connectivity index (χ2v) is 12.8. The van der Waals surface area contributed by atoms with E-state index < -0.39 is 72.5 Å². The van der Waals surface area contributed by atoms with Crippen molar-refractivity contribution < 1.29 is 38.6 Å². The lowest BCUT2D eigenvalue weighted by atomic mass is 9.95. The zero-order chi connectivity index (χ0) is 36.1. The minimum atomic E-state index is -1.18. The summed E-state index contributed by atoms with van der Waals surface area (Å²) in [6, 6.07) is 4.06. The van der Waals surface area contributed by atoms with Crippen LogP contribution in [0.4, 0.5) is 0 Å². The summed E-state index contributed by atoms with van der Waals surface area (Å²) >= 11 is 0. The highest BCUT2D eigenvalue weighted by Crippen LogP contribution is 2.23. The van der Waals surface area contributed by atoms with Crippen molar-refractivity contribution in [2.75, 3.05) is 20.3 Å². The van der Waals surface area contributed by atoms with Crippen LogP contribution in [0.25, 0.3) is 0 Å². The molecule has 0 spiro atoms. The van der Waals surface area contributed by atoms with E-state index in [1.54, 1.807) is 19.9 Å². The van der Waals surface area contributed by atoms with Crippen molar-refractivity contribution in [3.8, 4) is 0 Å². The van der Waals surface area contributed by atoms with E-state index in [2.05, 4.69) is 21.3 Å². The van der Waals surface area contributed by atoms with Crippen LogP contribution in [0, 0.1) is 11.8 Å². The van der Waals surface area contributed by atoms with E-state index >= 15 is 0 Å². The maximum Gasteiger partial charge on any atom is 0.328 e. The quantitative estimate of drug-likeness (QED) is 0.102. The average molecular weight is 673 g/mol. The van der Waals surface area contributed by atoms with Crippen LogP contribution < -0.4 is 27.0 Å². The van der Waals surface area contributed by atoms with Gasteiger partial charge in [-0.25, -0.2) is 4.79 Å². The number of aliphatic hydroxyl groups excluding tert-OH is 1. The molecule has 1 aromatic rings. The molecule has 2 rings (SSSR count). The lowest BCUT2D eigenvalue weighted by Crippen LogP contribution is -2.56. The van der Waals surface area contributed by atoms with Crippen molar-refractivity contribution >= 4 is 35.5 Å². The van der Waals surface area contributed by atoms with Gasteiger partial charge in [-0.15, -0.1) is 0 Å². The first-order chi connectivity index (χ1) is 22.6. The standard InChI is InChI=1S/C34H52N6O8/c1-19(2)28(34(47)48-7)39-33(46)29(20(3)4)40-16-15-24(13-14-27(40)42)26(17-23-11-9-8-10-12-23)38-31(44)22(6)36-30(43)21(5)37-32(45)25(35)18-41/h8-13,19-22,25-26,28-29,41H,14-18,35H2,1-7H3,(H,36,43)(H,37,45)(H,38,44)(H,39,46)/t21?,22?,25?,26?,28?,29-/m0/s1. The molecule has 48 heavy (non-hydrogen) atoms. The number of ether oxygens (including phenoxy) is 1. The molecule has 1 heterocycles. The molecule has 0 aliphatic carbocycles. The van der Waals surface area contributed by atoms with Gasteiger partial charge in [0.25, 0.3) is 0 Å². The maximum atomic E-state index is 13.5. The van der Waals surface area contributed by atoms with Gasteiger partial charge in [-0.2, -0.15) is 0 Å². The second kappa shape index (κ2) is 18.9. The number of methoxy groups -OCH3 is 1. The Morgan fingerprint density at radius 3 is 1.98 bits per heavy atom. The highest BCUT2D eigenvalue weighted by Gasteiger charge is 2.37. The number of benzene rings is 1. The summed E-state index contributed by atoms with van der Waals surface area (Å²) in [6.45, 7) is 9.81. The summed E-state index contributed by atoms with van der Waals surface area (Å²) in [7, 11) is 1.26. The number of hydrogen-bond donors (Lipinski definition) is 6. The SMILES string of the molecule is COC(=O)C(NC(=O)[C@H](C(C)C)N1CCC(C(Cc2ccccc2)NC(=O)C(C)NC(=O)C(C)NC(=O)C(N)CO)=CCC1=O)C(C)C. The van der Waals surface area contributed by atoms with E-state index in [-0.39, 0.29) is 30.7 Å². The van der Waals surface area contributed by atoms with E-state index in [4.69, 9.17) is 15.6 Å². The first-order valence-electron chi connectivity index (χ1n) is 16.3. The van der Waals surface area contributed by atoms with Crippen molar-refractivity contribution in [3.05, 3.63) is 47.5 Å². The minimum absolute atomic E-state index is 0.00289. The monoisotopic (exact) mass is 672 g/mol. The molecule has 5 amide bonds. The number of hydrogen-bond acceptors (Lipinski definition) is 9. The number of nitrogens with zero attached hydrogens (tertiary/aromatic N) is 1. The third kappa shape index (κ3) is 11.4. The highest BCUT2D eigenvalue weighted by atomic mass is 16.5. The maximum absolute atomic E-state index is 13.5. The molecule has 1 aromatic carbocycles. The van der Waals surface area contributed by atoms with Crippen LogP contribution in [-0.4, -0.2) is 102 Å². The van der Waals surface area contributed by atoms with Crippen LogP contribution in [0.5, 0.6) is 0 Å². The minimum Gasteiger partial charge on any atom is -0.467 e. The first-order valence-corrected chi connectivity index (χ1v) is 16.3. The van der Waals surface area contributed by atoms with Gasteiger partial charge in [0.05, 0.1) is 19.8 Å². The number of carbonyl (C=O) groups excluding carboxylic acids is 6. The number of aliphatic hydroxyl groups is 1. The third-order valence-electron chi connectivity index (χ3n) is 8.24. The van der Waals surface area contributed by atoms with Crippen LogP contribution in [-0.2, 0) is 39.9 Å². The molecule has 7 N–H and O–H groups in total. The summed E-state index contributed by atoms with van der Waals surface area (Å²) in [5, 5.41) is 19.9. The molecule has 14 heteroatoms. The predicted molar refractivity (Wildman–Crippen MR) is 179 cm³/mol. The Morgan fingerprint density at radius 2 is 1.44 bits per heavy atom. The number of nitrogens with two attached hydrogens (primary N) is 1. The van der Waals surface area contributed by atoms with Gasteiger partial charge in [-0.1, -0.05) is 64.1 Å². The van der Waals surface area contributed by atoms with Crippen LogP contribution in [0.2, 0.25) is 0 Å². The van der Waals surface area contributed by atoms with Crippen LogP contribution in [0.1, 0.15) is 59.9 Å². The molecule has 5 unspecified atom stereocenters. The molecule has 0 radical (unpaired) electrons. The van der Waals surface area contributed by atoms with E-state index in [0.29, 0.717) is 12.8 Å². The zero-order valence-corrected chi connectivity index (χ0v) is 28.9. The van der Waals surface area contributed by atoms with E-state index in [9.17, 15) is 28.8 Å². The molecule has 14 nitrogen and oxygen atoms in total. The Kier molecular flexibility index (Phi) is 15.7. The second-order valence-electron chi connectivity index (χ2n) is 12.8. The lowest BCUT2D eigenvalue weighted by molar-refractivity contribution is -0.148. The molecule has 0 aromatic heterocycles. The summed E-state index contributed by atoms with van der Waals surface area (Å²) in [5.41, 5.74) is 7.23. The molecule has 6 atom stereocenters. The number of carbonyl (C=O) groups is 6. The number of amides is 5. The van der Waals surface area contributed by atoms with Gasteiger partial charge in [-0.3, -0.25) is 24.0 Å². The predicted octanol–water partition coefficient (Wildman–Crippen LogP) is -0.0699. The normalized spacial score (nSPS) is 17.2. The molecule has 1 aliphatic rings. The summed E-state index contributed by atoms with van der Waals surface area (Å²) in [6.07, 6.45) is 2.54. The van der Waals surface area contributed by atoms with Gasteiger partial charge < -0.3 is 41.7 Å². The van der Waals surface area contributed by atoms with Gasteiger partial charge in [0.15, 0.2) is 0 Å². The molecular formula is C34H52N6O8. The third-order valence-corrected chi connectivity index (χ3v) is 8.24. The summed E-state index contributed by atoms with van der Waals surface area (Å²) in [5.74, 6) is -3.58. The average Bonchev–Trinajstić information content (AvgIpc) is 3.23. The number of rotatable bonds is 16. The van der Waals surface area contributed by atoms with Gasteiger partial charge in [0, 0.05) is 13.0 Å². The Balaban J connectivity index is 2.24. The molecular weight excluding hydrogens is 620 g/mol. The van der Waals surface area contributed by atoms with E-state index in [1.807, 2.05) is 44.2 Å². The van der Waals surface area contributed by atoms with Crippen LogP contribution in [0.15, 0.2) is 42.0 Å². The zero-order valence-electron chi connectivity index (χ0n) is 28.9. The Morgan fingerprint density at radius 1 is 0.854 bits per heavy atom. The van der Waals surface area contributed by atoms with Crippen LogP contribution in [0.3, 0.4) is 0 Å². The van der Waals surface area contributed by atoms with Crippen LogP contribution >= 0.6 is 0 Å². The molecule has 0 bridgehead atoms. The first kappa shape index (κ1) is 39.9. The van der Waals surface area contributed by atoms with Gasteiger partial charge >= 0.3 is 5.97 Å². The lowest BCUT2D eigenvalue weighted by Gasteiger charge is -2.34. The smallest absolute Gasteiger partial charge is 0.328 e. The van der Waals surface area contributed by atoms with Gasteiger partial charge in [0.1, 0.15) is 30.2 Å². The molecule has 1 aliphatic heterocycles. The van der Waals surface area contributed by atoms with Gasteiger partial charge in [-0.05, 0) is 49.7 Å². The van der Waals surface area contributed by atoms with Crippen molar-refractivity contribution in [2.24, 2.45) is 17.6 Å². The fourth-order valence-electron chi connectivity index (χ4n) is 5.38. The summed E-state index contributed by atoms with van der Waals surface area (Å²) < 4.78 is 4.87. The Hall–Kier alpha value is -4.30. The topological polar surface area (TPSA) is 209 Å². The molecule has 0 fully saturated rings. The molecule has 266 valence electrons. The summed E-state index contributed by atoms with van der Waals surface area (Å²) in [4.78, 5) is 79.0. The number of esters is 1. The Bertz CT molecular complexity index is 1320. The fraction of sp³-hybridized carbons (Fsp3) is 0.588.